The van der Waals surface area contributed by atoms with Crippen LogP contribution in [0.25, 0.3) is 16.6 Å². The van der Waals surface area contributed by atoms with Crippen molar-refractivity contribution < 1.29 is 27.4 Å². The van der Waals surface area contributed by atoms with Crippen LogP contribution in [0.3, 0.4) is 0 Å². The van der Waals surface area contributed by atoms with Crippen molar-refractivity contribution >= 4 is 39.9 Å². The van der Waals surface area contributed by atoms with Crippen LogP contribution in [0.1, 0.15) is 22.8 Å². The van der Waals surface area contributed by atoms with Gasteiger partial charge < -0.3 is 14.8 Å². The summed E-state index contributed by atoms with van der Waals surface area (Å²) >= 11 is 1.03. The number of benzene rings is 2. The molecule has 0 saturated carbocycles. The van der Waals surface area contributed by atoms with Crippen molar-refractivity contribution in [2.45, 2.75) is 38.1 Å². The van der Waals surface area contributed by atoms with Crippen molar-refractivity contribution in [1.82, 2.24) is 29.4 Å². The van der Waals surface area contributed by atoms with Crippen LogP contribution < -0.4 is 14.8 Å². The molecule has 5 rings (SSSR count). The smallest absolute Gasteiger partial charge is 0.418 e. The Bertz CT molecular complexity index is 1750. The number of halogens is 3. The third-order valence-electron chi connectivity index (χ3n) is 6.28. The number of anilines is 1. The molecular formula is C27H26F3N7O3S. The van der Waals surface area contributed by atoms with Gasteiger partial charge in [0.05, 0.1) is 42.4 Å². The van der Waals surface area contributed by atoms with Crippen LogP contribution in [0.5, 0.6) is 11.5 Å². The Hall–Kier alpha value is -4.33. The lowest BCUT2D eigenvalue weighted by atomic mass is 10.1. The summed E-state index contributed by atoms with van der Waals surface area (Å²) in [7, 11) is 3.03. The van der Waals surface area contributed by atoms with Gasteiger partial charge in [0.2, 0.25) is 5.91 Å². The molecule has 0 unspecified atom stereocenters. The Morgan fingerprint density at radius 1 is 1.02 bits per heavy atom. The lowest BCUT2D eigenvalue weighted by molar-refractivity contribution is -0.137. The predicted molar refractivity (Wildman–Crippen MR) is 148 cm³/mol. The lowest BCUT2D eigenvalue weighted by Crippen LogP contribution is -2.18. The molecule has 14 heteroatoms. The van der Waals surface area contributed by atoms with Gasteiger partial charge >= 0.3 is 6.18 Å². The fourth-order valence-corrected chi connectivity index (χ4v) is 5.16. The molecule has 0 aliphatic carbocycles. The number of alkyl halides is 3. The van der Waals surface area contributed by atoms with Gasteiger partial charge in [-0.15, -0.1) is 5.10 Å². The quantitative estimate of drug-likeness (QED) is 0.188. The molecule has 2 aromatic carbocycles. The fourth-order valence-electron chi connectivity index (χ4n) is 4.41. The largest absolute Gasteiger partial charge is 0.493 e. The van der Waals surface area contributed by atoms with Gasteiger partial charge in [0.25, 0.3) is 0 Å². The normalized spacial score (nSPS) is 11.8. The molecule has 0 aliphatic rings. The number of thioether (sulfide) groups is 1. The first-order valence-electron chi connectivity index (χ1n) is 12.5. The molecule has 0 spiro atoms. The van der Waals surface area contributed by atoms with Gasteiger partial charge in [0.1, 0.15) is 0 Å². The van der Waals surface area contributed by atoms with E-state index in [0.717, 1.165) is 29.2 Å². The number of para-hydroxylation sites is 1. The molecule has 10 nitrogen and oxygen atoms in total. The van der Waals surface area contributed by atoms with E-state index in [0.29, 0.717) is 52.0 Å². The highest BCUT2D eigenvalue weighted by atomic mass is 32.2. The van der Waals surface area contributed by atoms with E-state index in [-0.39, 0.29) is 11.4 Å². The molecular weight excluding hydrogens is 559 g/mol. The van der Waals surface area contributed by atoms with E-state index in [4.69, 9.17) is 14.5 Å². The number of ether oxygens (including phenoxy) is 2. The standard InChI is InChI=1S/C27H26F3N7O3S/c1-15-11-16(2)36(34-15)10-9-23-33-25-17-12-21(39-3)22(40-4)13-20(17)32-26(37(25)35-23)41-14-24(38)31-19-8-6-5-7-18(19)27(28,29)30/h5-8,11-13H,9-10,14H2,1-4H3,(H,31,38). The van der Waals surface area contributed by atoms with Crippen molar-refractivity contribution in [1.29, 1.82) is 0 Å². The van der Waals surface area contributed by atoms with Crippen LogP contribution in [0.2, 0.25) is 0 Å². The van der Waals surface area contributed by atoms with Crippen molar-refractivity contribution in [3.8, 4) is 11.5 Å². The number of rotatable bonds is 9. The topological polar surface area (TPSA) is 108 Å². The number of aromatic nitrogens is 6. The van der Waals surface area contributed by atoms with Crippen LogP contribution in [-0.2, 0) is 23.9 Å². The molecule has 3 aromatic heterocycles. The van der Waals surface area contributed by atoms with E-state index in [1.165, 1.54) is 36.9 Å². The van der Waals surface area contributed by atoms with Gasteiger partial charge in [-0.25, -0.2) is 9.97 Å². The van der Waals surface area contributed by atoms with E-state index in [9.17, 15) is 18.0 Å². The number of carbonyl (C=O) groups excluding carboxylic acids is 1. The number of nitrogens with zero attached hydrogens (tertiary/aromatic N) is 6. The summed E-state index contributed by atoms with van der Waals surface area (Å²) in [6.07, 6.45) is -4.12. The summed E-state index contributed by atoms with van der Waals surface area (Å²) in [5.41, 5.74) is 1.71. The first-order chi connectivity index (χ1) is 19.6. The number of nitrogens with one attached hydrogen (secondary N) is 1. The SMILES string of the molecule is COc1cc2nc(SCC(=O)Nc3ccccc3C(F)(F)F)n3nc(CCn4nc(C)cc4C)nc3c2cc1OC. The van der Waals surface area contributed by atoms with Crippen molar-refractivity contribution in [2.24, 2.45) is 0 Å². The number of hydrogen-bond donors (Lipinski definition) is 1. The number of fused-ring (bicyclic) bond motifs is 3. The van der Waals surface area contributed by atoms with Crippen LogP contribution in [-0.4, -0.2) is 55.2 Å². The zero-order valence-electron chi connectivity index (χ0n) is 22.6. The summed E-state index contributed by atoms with van der Waals surface area (Å²) in [4.78, 5) is 22.2. The number of amides is 1. The molecule has 0 atom stereocenters. The molecule has 41 heavy (non-hydrogen) atoms. The highest BCUT2D eigenvalue weighted by molar-refractivity contribution is 7.99. The van der Waals surface area contributed by atoms with Gasteiger partial charge in [-0.05, 0) is 38.1 Å². The maximum atomic E-state index is 13.4. The number of hydrogen-bond acceptors (Lipinski definition) is 8. The average Bonchev–Trinajstić information content (AvgIpc) is 3.51. The third kappa shape index (κ3) is 5.92. The molecule has 1 N–H and O–H groups in total. The maximum Gasteiger partial charge on any atom is 0.418 e. The van der Waals surface area contributed by atoms with Crippen LogP contribution in [0.15, 0.2) is 47.6 Å². The third-order valence-corrected chi connectivity index (χ3v) is 7.21. The summed E-state index contributed by atoms with van der Waals surface area (Å²) in [6.45, 7) is 4.46. The Balaban J connectivity index is 1.47. The summed E-state index contributed by atoms with van der Waals surface area (Å²) in [5.74, 6) is 0.636. The van der Waals surface area contributed by atoms with E-state index in [2.05, 4.69) is 20.5 Å². The Morgan fingerprint density at radius 2 is 1.76 bits per heavy atom. The maximum absolute atomic E-state index is 13.4. The Kier molecular flexibility index (Phi) is 7.76. The second-order valence-electron chi connectivity index (χ2n) is 9.16. The van der Waals surface area contributed by atoms with E-state index >= 15 is 0 Å². The predicted octanol–water partition coefficient (Wildman–Crippen LogP) is 5.10. The first kappa shape index (κ1) is 28.2. The number of aryl methyl sites for hydroxylation is 4. The van der Waals surface area contributed by atoms with Gasteiger partial charge in [0, 0.05) is 30.1 Å². The van der Waals surface area contributed by atoms with Gasteiger partial charge in [-0.2, -0.15) is 22.8 Å². The lowest BCUT2D eigenvalue weighted by Gasteiger charge is -2.13. The average molecular weight is 586 g/mol. The van der Waals surface area contributed by atoms with Gasteiger partial charge in [-0.1, -0.05) is 23.9 Å². The van der Waals surface area contributed by atoms with Gasteiger partial charge in [-0.3, -0.25) is 9.48 Å². The highest BCUT2D eigenvalue weighted by Gasteiger charge is 2.33. The monoisotopic (exact) mass is 585 g/mol. The van der Waals surface area contributed by atoms with Gasteiger partial charge in [0.15, 0.2) is 28.1 Å². The van der Waals surface area contributed by atoms with E-state index in [1.807, 2.05) is 24.6 Å². The summed E-state index contributed by atoms with van der Waals surface area (Å²) in [6, 6.07) is 10.3. The molecule has 0 saturated heterocycles. The zero-order chi connectivity index (χ0) is 29.3. The number of methoxy groups -OCH3 is 2. The highest BCUT2D eigenvalue weighted by Crippen LogP contribution is 2.36. The molecule has 214 valence electrons. The Labute approximate surface area is 236 Å². The fraction of sp³-hybridized carbons (Fsp3) is 0.296. The van der Waals surface area contributed by atoms with Crippen molar-refractivity contribution in [3.63, 3.8) is 0 Å². The van der Waals surface area contributed by atoms with Crippen molar-refractivity contribution in [3.05, 3.63) is 65.2 Å². The minimum Gasteiger partial charge on any atom is -0.493 e. The molecule has 0 radical (unpaired) electrons. The number of carbonyl (C=O) groups is 1. The van der Waals surface area contributed by atoms with E-state index in [1.54, 1.807) is 12.1 Å². The molecule has 0 aliphatic heterocycles. The summed E-state index contributed by atoms with van der Waals surface area (Å²) < 4.78 is 54.4. The van der Waals surface area contributed by atoms with Crippen molar-refractivity contribution in [2.75, 3.05) is 25.3 Å². The second kappa shape index (κ2) is 11.3. The second-order valence-corrected chi connectivity index (χ2v) is 10.1. The van der Waals surface area contributed by atoms with Crippen LogP contribution in [0.4, 0.5) is 18.9 Å². The van der Waals surface area contributed by atoms with E-state index < -0.39 is 17.6 Å². The molecule has 0 fully saturated rings. The zero-order valence-corrected chi connectivity index (χ0v) is 23.4. The molecule has 5 aromatic rings. The minimum absolute atomic E-state index is 0.214. The van der Waals surface area contributed by atoms with Crippen LogP contribution in [0, 0.1) is 13.8 Å². The minimum atomic E-state index is -4.60. The first-order valence-corrected chi connectivity index (χ1v) is 13.5. The molecule has 0 bridgehead atoms. The molecule has 1 amide bonds. The van der Waals surface area contributed by atoms with Crippen LogP contribution >= 0.6 is 11.8 Å². The molecule has 3 heterocycles. The summed E-state index contributed by atoms with van der Waals surface area (Å²) in [5, 5.41) is 12.5. The Morgan fingerprint density at radius 3 is 2.44 bits per heavy atom.